The molecule has 1 aromatic carbocycles. The summed E-state index contributed by atoms with van der Waals surface area (Å²) in [6, 6.07) is -0.0649. The second kappa shape index (κ2) is 5.20. The van der Waals surface area contributed by atoms with Crippen molar-refractivity contribution in [3.8, 4) is 11.5 Å². The number of alkyl halides is 3. The maximum Gasteiger partial charge on any atom is 0.416 e. The van der Waals surface area contributed by atoms with E-state index in [1.165, 1.54) is 0 Å². The fourth-order valence-corrected chi connectivity index (χ4v) is 1.86. The molecule has 0 amide bonds. The number of fused-ring (bicyclic) bond motifs is 1. The van der Waals surface area contributed by atoms with Crippen LogP contribution in [0.4, 0.5) is 13.2 Å². The molecule has 0 aliphatic carbocycles. The number of hydrogen-bond acceptors (Lipinski definition) is 4. The number of ether oxygens (including phenoxy) is 2. The summed E-state index contributed by atoms with van der Waals surface area (Å²) in [6.45, 7) is 0.509. The minimum absolute atomic E-state index is 0.0591. The fourth-order valence-electron chi connectivity index (χ4n) is 1.86. The molecule has 0 fully saturated rings. The predicted octanol–water partition coefficient (Wildman–Crippen LogP) is 1.95. The zero-order valence-electron chi connectivity index (χ0n) is 10.2. The number of aliphatic carboxylic acids is 1. The van der Waals surface area contributed by atoms with Crippen LogP contribution in [-0.2, 0) is 11.0 Å². The summed E-state index contributed by atoms with van der Waals surface area (Å²) >= 11 is 0. The van der Waals surface area contributed by atoms with Gasteiger partial charge in [0.2, 0.25) is 0 Å². The summed E-state index contributed by atoms with van der Waals surface area (Å²) in [4.78, 5) is 10.9. The Bertz CT molecular complexity index is 530. The second-order valence-corrected chi connectivity index (χ2v) is 4.25. The summed E-state index contributed by atoms with van der Waals surface area (Å²) < 4.78 is 49.4. The molecule has 0 saturated carbocycles. The molecular weight excluding hydrogens is 279 g/mol. The molecule has 1 heterocycles. The Morgan fingerprint density at radius 3 is 2.30 bits per heavy atom. The van der Waals surface area contributed by atoms with Crippen LogP contribution < -0.4 is 15.2 Å². The van der Waals surface area contributed by atoms with Crippen molar-refractivity contribution in [2.75, 3.05) is 13.2 Å². The Morgan fingerprint density at radius 1 is 1.25 bits per heavy atom. The van der Waals surface area contributed by atoms with E-state index >= 15 is 0 Å². The minimum atomic E-state index is -4.73. The number of rotatable bonds is 2. The van der Waals surface area contributed by atoms with Gasteiger partial charge in [0, 0.05) is 6.42 Å². The predicted molar refractivity (Wildman–Crippen MR) is 61.6 cm³/mol. The van der Waals surface area contributed by atoms with Gasteiger partial charge in [-0.3, -0.25) is 4.79 Å². The number of halogens is 3. The Hall–Kier alpha value is -1.96. The molecule has 1 aliphatic rings. The van der Waals surface area contributed by atoms with E-state index in [0.29, 0.717) is 6.42 Å². The molecule has 1 atom stereocenters. The monoisotopic (exact) mass is 291 g/mol. The maximum absolute atomic E-state index is 13.0. The third-order valence-electron chi connectivity index (χ3n) is 2.83. The topological polar surface area (TPSA) is 81.8 Å². The molecule has 5 nitrogen and oxygen atoms in total. The highest BCUT2D eigenvalue weighted by molar-refractivity contribution is 5.76. The number of carboxylic acids is 1. The maximum atomic E-state index is 13.0. The normalized spacial score (nSPS) is 16.4. The van der Waals surface area contributed by atoms with Gasteiger partial charge < -0.3 is 20.3 Å². The van der Waals surface area contributed by atoms with Gasteiger partial charge in [-0.25, -0.2) is 0 Å². The Morgan fingerprint density at radius 2 is 1.80 bits per heavy atom. The van der Waals surface area contributed by atoms with E-state index in [1.807, 2.05) is 0 Å². The van der Waals surface area contributed by atoms with E-state index in [1.54, 1.807) is 0 Å². The van der Waals surface area contributed by atoms with Crippen LogP contribution in [0.3, 0.4) is 0 Å². The third kappa shape index (κ3) is 2.79. The molecule has 8 heteroatoms. The molecule has 1 unspecified atom stereocenters. The Labute approximate surface area is 112 Å². The molecule has 0 spiro atoms. The third-order valence-corrected chi connectivity index (χ3v) is 2.83. The van der Waals surface area contributed by atoms with Crippen LogP contribution in [0.15, 0.2) is 12.1 Å². The first-order valence-electron chi connectivity index (χ1n) is 5.80. The number of benzene rings is 1. The lowest BCUT2D eigenvalue weighted by molar-refractivity contribution is -0.141. The Kier molecular flexibility index (Phi) is 3.76. The van der Waals surface area contributed by atoms with E-state index < -0.39 is 29.3 Å². The number of carbonyl (C=O) groups is 1. The molecule has 0 saturated heterocycles. The molecular formula is C12H12F3NO4. The summed E-state index contributed by atoms with van der Waals surface area (Å²) in [5.41, 5.74) is 3.64. The first kappa shape index (κ1) is 14.4. The van der Waals surface area contributed by atoms with Crippen LogP contribution in [-0.4, -0.2) is 24.3 Å². The van der Waals surface area contributed by atoms with Gasteiger partial charge in [-0.2, -0.15) is 13.2 Å². The Balaban J connectivity index is 2.58. The molecule has 1 aromatic rings. The first-order chi connectivity index (χ1) is 9.30. The SMILES string of the molecule is NC(C(=O)O)c1cc2c(cc1C(F)(F)F)OCCCO2. The molecule has 0 bridgehead atoms. The van der Waals surface area contributed by atoms with Crippen molar-refractivity contribution in [3.63, 3.8) is 0 Å². The quantitative estimate of drug-likeness (QED) is 0.870. The van der Waals surface area contributed by atoms with Gasteiger partial charge >= 0.3 is 12.1 Å². The zero-order valence-corrected chi connectivity index (χ0v) is 10.2. The van der Waals surface area contributed by atoms with Crippen LogP contribution in [0.1, 0.15) is 23.6 Å². The summed E-state index contributed by atoms with van der Waals surface area (Å²) in [6.07, 6.45) is -4.20. The van der Waals surface area contributed by atoms with Crippen molar-refractivity contribution in [1.82, 2.24) is 0 Å². The van der Waals surface area contributed by atoms with Gasteiger partial charge in [-0.1, -0.05) is 0 Å². The highest BCUT2D eigenvalue weighted by Crippen LogP contribution is 2.41. The second-order valence-electron chi connectivity index (χ2n) is 4.25. The fraction of sp³-hybridized carbons (Fsp3) is 0.417. The molecule has 1 aliphatic heterocycles. The first-order valence-corrected chi connectivity index (χ1v) is 5.80. The molecule has 20 heavy (non-hydrogen) atoms. The number of nitrogens with two attached hydrogens (primary N) is 1. The van der Waals surface area contributed by atoms with E-state index in [0.717, 1.165) is 12.1 Å². The van der Waals surface area contributed by atoms with Gasteiger partial charge in [0.25, 0.3) is 0 Å². The number of carboxylic acid groups (broad SMARTS) is 1. The van der Waals surface area contributed by atoms with Crippen LogP contribution in [0.5, 0.6) is 11.5 Å². The number of hydrogen-bond donors (Lipinski definition) is 2. The van der Waals surface area contributed by atoms with Crippen LogP contribution in [0, 0.1) is 0 Å². The minimum Gasteiger partial charge on any atom is -0.490 e. The zero-order chi connectivity index (χ0) is 14.9. The van der Waals surface area contributed by atoms with Crippen molar-refractivity contribution in [3.05, 3.63) is 23.3 Å². The van der Waals surface area contributed by atoms with Gasteiger partial charge in [-0.15, -0.1) is 0 Å². The van der Waals surface area contributed by atoms with E-state index in [4.69, 9.17) is 20.3 Å². The van der Waals surface area contributed by atoms with Crippen LogP contribution >= 0.6 is 0 Å². The van der Waals surface area contributed by atoms with Crippen molar-refractivity contribution < 1.29 is 32.5 Å². The van der Waals surface area contributed by atoms with Crippen molar-refractivity contribution >= 4 is 5.97 Å². The summed E-state index contributed by atoms with van der Waals surface area (Å²) in [5, 5.41) is 8.82. The largest absolute Gasteiger partial charge is 0.490 e. The highest BCUT2D eigenvalue weighted by atomic mass is 19.4. The van der Waals surface area contributed by atoms with Crippen LogP contribution in [0.2, 0.25) is 0 Å². The molecule has 2 rings (SSSR count). The van der Waals surface area contributed by atoms with E-state index in [-0.39, 0.29) is 24.7 Å². The lowest BCUT2D eigenvalue weighted by Crippen LogP contribution is -2.24. The van der Waals surface area contributed by atoms with Crippen molar-refractivity contribution in [2.45, 2.75) is 18.6 Å². The molecule has 3 N–H and O–H groups in total. The average molecular weight is 291 g/mol. The molecule has 0 radical (unpaired) electrons. The summed E-state index contributed by atoms with van der Waals surface area (Å²) in [5.74, 6) is -1.54. The van der Waals surface area contributed by atoms with Crippen molar-refractivity contribution in [1.29, 1.82) is 0 Å². The van der Waals surface area contributed by atoms with E-state index in [9.17, 15) is 18.0 Å². The summed E-state index contributed by atoms with van der Waals surface area (Å²) in [7, 11) is 0. The smallest absolute Gasteiger partial charge is 0.416 e. The standard InChI is InChI=1S/C12H12F3NO4/c13-12(14,15)7-5-9-8(19-2-1-3-20-9)4-6(7)10(16)11(17)18/h4-5,10H,1-3,16H2,(H,17,18). The van der Waals surface area contributed by atoms with Crippen molar-refractivity contribution in [2.24, 2.45) is 5.73 Å². The molecule has 0 aromatic heterocycles. The van der Waals surface area contributed by atoms with Crippen LogP contribution in [0.25, 0.3) is 0 Å². The average Bonchev–Trinajstić information content (AvgIpc) is 2.59. The van der Waals surface area contributed by atoms with Gasteiger partial charge in [0.1, 0.15) is 6.04 Å². The highest BCUT2D eigenvalue weighted by Gasteiger charge is 2.38. The van der Waals surface area contributed by atoms with Gasteiger partial charge in [0.15, 0.2) is 11.5 Å². The lowest BCUT2D eigenvalue weighted by Gasteiger charge is -2.18. The molecule has 110 valence electrons. The lowest BCUT2D eigenvalue weighted by atomic mass is 9.99. The van der Waals surface area contributed by atoms with Gasteiger partial charge in [0.05, 0.1) is 18.8 Å². The van der Waals surface area contributed by atoms with E-state index in [2.05, 4.69) is 0 Å². The van der Waals surface area contributed by atoms with Gasteiger partial charge in [-0.05, 0) is 17.7 Å².